The SMILES string of the molecule is Cc1cc2cc(CN(CC3COCCO3)S(=O)(=O)c3ccc(C(C)(C)C)cc3)c(=O)[nH]c2cc1C. The highest BCUT2D eigenvalue weighted by atomic mass is 32.2. The molecule has 4 rings (SSSR count). The molecule has 3 aromatic rings. The fraction of sp³-hybridized carbons (Fsp3) is 0.444. The summed E-state index contributed by atoms with van der Waals surface area (Å²) in [4.78, 5) is 16.0. The first-order valence-corrected chi connectivity index (χ1v) is 13.3. The first-order valence-electron chi connectivity index (χ1n) is 11.9. The van der Waals surface area contributed by atoms with Crippen LogP contribution >= 0.6 is 0 Å². The molecule has 188 valence electrons. The average Bonchev–Trinajstić information content (AvgIpc) is 2.80. The number of nitrogens with one attached hydrogen (secondary N) is 1. The lowest BCUT2D eigenvalue weighted by Gasteiger charge is -2.29. The van der Waals surface area contributed by atoms with Gasteiger partial charge in [0.05, 0.1) is 30.8 Å². The molecule has 2 heterocycles. The zero-order valence-electron chi connectivity index (χ0n) is 21.1. The van der Waals surface area contributed by atoms with Gasteiger partial charge in [-0.25, -0.2) is 8.42 Å². The van der Waals surface area contributed by atoms with Crippen molar-refractivity contribution in [1.29, 1.82) is 0 Å². The molecule has 0 spiro atoms. The molecule has 0 aliphatic carbocycles. The van der Waals surface area contributed by atoms with Crippen molar-refractivity contribution in [3.63, 3.8) is 0 Å². The number of nitrogens with zero attached hydrogens (tertiary/aromatic N) is 1. The van der Waals surface area contributed by atoms with E-state index in [1.165, 1.54) is 4.31 Å². The standard InChI is InChI=1S/C27H34N2O5S/c1-18-12-20-14-21(26(30)28-25(20)13-19(18)2)15-29(16-23-17-33-10-11-34-23)35(31,32)24-8-6-22(7-9-24)27(3,4)5/h6-9,12-14,23H,10-11,15-17H2,1-5H3,(H,28,30). The number of ether oxygens (including phenoxy) is 2. The largest absolute Gasteiger partial charge is 0.376 e. The molecule has 0 amide bonds. The fourth-order valence-electron chi connectivity index (χ4n) is 4.22. The predicted molar refractivity (Wildman–Crippen MR) is 137 cm³/mol. The second kappa shape index (κ2) is 9.85. The van der Waals surface area contributed by atoms with Gasteiger partial charge in [0.25, 0.3) is 5.56 Å². The molecule has 1 N–H and O–H groups in total. The minimum Gasteiger partial charge on any atom is -0.376 e. The van der Waals surface area contributed by atoms with E-state index >= 15 is 0 Å². The molecule has 1 unspecified atom stereocenters. The Bertz CT molecular complexity index is 1370. The molecule has 0 bridgehead atoms. The summed E-state index contributed by atoms with van der Waals surface area (Å²) in [5.41, 5.74) is 3.95. The molecule has 35 heavy (non-hydrogen) atoms. The summed E-state index contributed by atoms with van der Waals surface area (Å²) >= 11 is 0. The van der Waals surface area contributed by atoms with Crippen LogP contribution in [0.4, 0.5) is 0 Å². The van der Waals surface area contributed by atoms with Crippen molar-refractivity contribution >= 4 is 20.9 Å². The molecule has 7 nitrogen and oxygen atoms in total. The molecule has 0 saturated carbocycles. The third kappa shape index (κ3) is 5.67. The van der Waals surface area contributed by atoms with Crippen LogP contribution in [0.2, 0.25) is 0 Å². The lowest BCUT2D eigenvalue weighted by atomic mass is 9.87. The number of aromatic nitrogens is 1. The van der Waals surface area contributed by atoms with E-state index in [1.54, 1.807) is 18.2 Å². The molecular formula is C27H34N2O5S. The average molecular weight is 499 g/mol. The Morgan fingerprint density at radius 1 is 1.03 bits per heavy atom. The van der Waals surface area contributed by atoms with Crippen molar-refractivity contribution in [1.82, 2.24) is 9.29 Å². The van der Waals surface area contributed by atoms with Crippen LogP contribution in [0.1, 0.15) is 43.0 Å². The van der Waals surface area contributed by atoms with Crippen LogP contribution < -0.4 is 5.56 Å². The Morgan fingerprint density at radius 2 is 1.71 bits per heavy atom. The van der Waals surface area contributed by atoms with Crippen molar-refractivity contribution in [2.75, 3.05) is 26.4 Å². The summed E-state index contributed by atoms with van der Waals surface area (Å²) < 4.78 is 40.1. The quantitative estimate of drug-likeness (QED) is 0.554. The first-order chi connectivity index (χ1) is 16.4. The van der Waals surface area contributed by atoms with Crippen molar-refractivity contribution in [3.05, 3.63) is 75.1 Å². The number of hydrogen-bond donors (Lipinski definition) is 1. The van der Waals surface area contributed by atoms with Gasteiger partial charge in [0, 0.05) is 24.2 Å². The van der Waals surface area contributed by atoms with Crippen LogP contribution in [0.5, 0.6) is 0 Å². The molecule has 2 aromatic carbocycles. The van der Waals surface area contributed by atoms with Gasteiger partial charge in [-0.05, 0) is 71.7 Å². The van der Waals surface area contributed by atoms with E-state index in [0.29, 0.717) is 25.4 Å². The van der Waals surface area contributed by atoms with Gasteiger partial charge in [0.15, 0.2) is 0 Å². The van der Waals surface area contributed by atoms with E-state index in [1.807, 2.05) is 38.1 Å². The van der Waals surface area contributed by atoms with E-state index in [2.05, 4.69) is 25.8 Å². The zero-order chi connectivity index (χ0) is 25.4. The van der Waals surface area contributed by atoms with E-state index in [4.69, 9.17) is 9.47 Å². The second-order valence-corrected chi connectivity index (χ2v) is 12.2. The lowest BCUT2D eigenvalue weighted by molar-refractivity contribution is -0.0923. The Labute approximate surface area is 207 Å². The second-order valence-electron chi connectivity index (χ2n) is 10.3. The highest BCUT2D eigenvalue weighted by Crippen LogP contribution is 2.26. The maximum Gasteiger partial charge on any atom is 0.252 e. The maximum absolute atomic E-state index is 13.8. The summed E-state index contributed by atoms with van der Waals surface area (Å²) in [7, 11) is -3.90. The number of H-pyrrole nitrogens is 1. The molecule has 1 aromatic heterocycles. The van der Waals surface area contributed by atoms with E-state index in [9.17, 15) is 13.2 Å². The summed E-state index contributed by atoms with van der Waals surface area (Å²) in [6.07, 6.45) is -0.406. The topological polar surface area (TPSA) is 88.7 Å². The fourth-order valence-corrected chi connectivity index (χ4v) is 5.67. The van der Waals surface area contributed by atoms with Gasteiger partial charge in [-0.15, -0.1) is 0 Å². The van der Waals surface area contributed by atoms with Gasteiger partial charge in [0.1, 0.15) is 0 Å². The van der Waals surface area contributed by atoms with Crippen LogP contribution in [0, 0.1) is 13.8 Å². The van der Waals surface area contributed by atoms with Gasteiger partial charge in [-0.1, -0.05) is 32.9 Å². The number of rotatable bonds is 6. The van der Waals surface area contributed by atoms with E-state index < -0.39 is 16.1 Å². The number of sulfonamides is 1. The van der Waals surface area contributed by atoms with Crippen LogP contribution in [0.3, 0.4) is 0 Å². The number of benzene rings is 2. The van der Waals surface area contributed by atoms with Gasteiger partial charge < -0.3 is 14.5 Å². The van der Waals surface area contributed by atoms with Crippen molar-refractivity contribution < 1.29 is 17.9 Å². The molecule has 1 aliphatic rings. The van der Waals surface area contributed by atoms with Crippen molar-refractivity contribution in [2.24, 2.45) is 0 Å². The van der Waals surface area contributed by atoms with Crippen LogP contribution in [0.25, 0.3) is 10.9 Å². The molecular weight excluding hydrogens is 464 g/mol. The van der Waals surface area contributed by atoms with Crippen LogP contribution in [-0.4, -0.2) is 50.2 Å². The smallest absolute Gasteiger partial charge is 0.252 e. The normalized spacial score (nSPS) is 17.3. The van der Waals surface area contributed by atoms with Gasteiger partial charge in [-0.3, -0.25) is 4.79 Å². The predicted octanol–water partition coefficient (Wildman–Crippen LogP) is 4.05. The van der Waals surface area contributed by atoms with Gasteiger partial charge in [-0.2, -0.15) is 4.31 Å². The minimum atomic E-state index is -3.90. The van der Waals surface area contributed by atoms with E-state index in [0.717, 1.165) is 27.6 Å². The number of hydrogen-bond acceptors (Lipinski definition) is 5. The molecule has 8 heteroatoms. The Balaban J connectivity index is 1.72. The Morgan fingerprint density at radius 3 is 2.34 bits per heavy atom. The lowest BCUT2D eigenvalue weighted by Crippen LogP contribution is -2.43. The number of aromatic amines is 1. The highest BCUT2D eigenvalue weighted by Gasteiger charge is 2.30. The summed E-state index contributed by atoms with van der Waals surface area (Å²) in [6, 6.07) is 12.7. The van der Waals surface area contributed by atoms with Crippen molar-refractivity contribution in [2.45, 2.75) is 57.6 Å². The Kier molecular flexibility index (Phi) is 7.20. The molecule has 1 fully saturated rings. The maximum atomic E-state index is 13.8. The highest BCUT2D eigenvalue weighted by molar-refractivity contribution is 7.89. The molecule has 1 aliphatic heterocycles. The van der Waals surface area contributed by atoms with Crippen LogP contribution in [0.15, 0.2) is 52.2 Å². The van der Waals surface area contributed by atoms with Crippen molar-refractivity contribution in [3.8, 4) is 0 Å². The number of aryl methyl sites for hydroxylation is 2. The summed E-state index contributed by atoms with van der Waals surface area (Å²) in [5, 5.41) is 0.867. The third-order valence-corrected chi connectivity index (χ3v) is 8.36. The van der Waals surface area contributed by atoms with Gasteiger partial charge in [0.2, 0.25) is 10.0 Å². The zero-order valence-corrected chi connectivity index (χ0v) is 21.9. The molecule has 0 radical (unpaired) electrons. The monoisotopic (exact) mass is 498 g/mol. The summed E-state index contributed by atoms with van der Waals surface area (Å²) in [5.74, 6) is 0. The molecule has 1 saturated heterocycles. The molecule has 1 atom stereocenters. The number of fused-ring (bicyclic) bond motifs is 1. The summed E-state index contributed by atoms with van der Waals surface area (Å²) in [6.45, 7) is 11.5. The minimum absolute atomic E-state index is 0.0680. The first kappa shape index (κ1) is 25.6. The van der Waals surface area contributed by atoms with E-state index in [-0.39, 0.29) is 29.0 Å². The van der Waals surface area contributed by atoms with Gasteiger partial charge >= 0.3 is 0 Å². The third-order valence-electron chi connectivity index (χ3n) is 6.53. The Hall–Kier alpha value is -2.52. The number of pyridine rings is 1. The van der Waals surface area contributed by atoms with Crippen LogP contribution in [-0.2, 0) is 31.5 Å².